The van der Waals surface area contributed by atoms with Gasteiger partial charge in [0.1, 0.15) is 0 Å². The third-order valence-corrected chi connectivity index (χ3v) is 3.17. The van der Waals surface area contributed by atoms with E-state index in [1.165, 1.54) is 0 Å². The van der Waals surface area contributed by atoms with Crippen LogP contribution in [-0.2, 0) is 11.3 Å². The minimum atomic E-state index is 0.0715. The highest BCUT2D eigenvalue weighted by atomic mass is 16.5. The molecule has 16 heavy (non-hydrogen) atoms. The van der Waals surface area contributed by atoms with Crippen LogP contribution >= 0.6 is 0 Å². The van der Waals surface area contributed by atoms with Crippen molar-refractivity contribution in [3.63, 3.8) is 0 Å². The van der Waals surface area contributed by atoms with Crippen molar-refractivity contribution in [3.05, 3.63) is 24.0 Å². The first-order chi connectivity index (χ1) is 7.85. The van der Waals surface area contributed by atoms with Crippen molar-refractivity contribution in [2.24, 2.45) is 0 Å². The van der Waals surface area contributed by atoms with Gasteiger partial charge in [-0.15, -0.1) is 0 Å². The molecule has 1 saturated heterocycles. The average Bonchev–Trinajstić information content (AvgIpc) is 2.39. The van der Waals surface area contributed by atoms with Gasteiger partial charge in [0.05, 0.1) is 24.6 Å². The molecule has 1 aliphatic heterocycles. The maximum absolute atomic E-state index is 9.27. The van der Waals surface area contributed by atoms with E-state index in [-0.39, 0.29) is 6.61 Å². The molecule has 0 bridgehead atoms. The molecule has 0 spiro atoms. The zero-order valence-electron chi connectivity index (χ0n) is 9.59. The predicted molar refractivity (Wildman–Crippen MR) is 62.4 cm³/mol. The fourth-order valence-corrected chi connectivity index (χ4v) is 2.17. The molecular formula is C12H18N2O2. The number of rotatable bonds is 3. The summed E-state index contributed by atoms with van der Waals surface area (Å²) in [4.78, 5) is 6.40. The second-order valence-corrected chi connectivity index (χ2v) is 4.08. The van der Waals surface area contributed by atoms with Crippen molar-refractivity contribution in [2.45, 2.75) is 25.6 Å². The van der Waals surface area contributed by atoms with E-state index in [0.717, 1.165) is 37.2 Å². The minimum Gasteiger partial charge on any atom is -0.392 e. The number of anilines is 1. The first kappa shape index (κ1) is 11.4. The molecule has 0 unspecified atom stereocenters. The van der Waals surface area contributed by atoms with Crippen LogP contribution < -0.4 is 4.90 Å². The molecule has 4 nitrogen and oxygen atoms in total. The molecule has 1 aliphatic rings. The lowest BCUT2D eigenvalue weighted by Crippen LogP contribution is -2.37. The molecule has 1 aromatic rings. The van der Waals surface area contributed by atoms with Crippen molar-refractivity contribution in [1.82, 2.24) is 4.98 Å². The van der Waals surface area contributed by atoms with E-state index >= 15 is 0 Å². The Hall–Kier alpha value is -1.13. The number of aromatic nitrogens is 1. The van der Waals surface area contributed by atoms with E-state index in [9.17, 15) is 5.11 Å². The molecule has 0 atom stereocenters. The molecule has 1 N–H and O–H groups in total. The lowest BCUT2D eigenvalue weighted by atomic mass is 10.1. The maximum Gasteiger partial charge on any atom is 0.0703 e. The second kappa shape index (κ2) is 5.27. The molecule has 0 amide bonds. The number of piperidine rings is 1. The van der Waals surface area contributed by atoms with Crippen molar-refractivity contribution < 1.29 is 9.84 Å². The molecule has 2 rings (SSSR count). The van der Waals surface area contributed by atoms with Crippen molar-refractivity contribution in [1.29, 1.82) is 0 Å². The molecule has 2 heterocycles. The Morgan fingerprint density at radius 3 is 2.88 bits per heavy atom. The van der Waals surface area contributed by atoms with Crippen LogP contribution in [0.5, 0.6) is 0 Å². The molecular weight excluding hydrogens is 204 g/mol. The normalized spacial score (nSPS) is 17.8. The highest BCUT2D eigenvalue weighted by Gasteiger charge is 2.20. The number of methoxy groups -OCH3 is 1. The van der Waals surface area contributed by atoms with Crippen LogP contribution in [0.25, 0.3) is 0 Å². The van der Waals surface area contributed by atoms with Crippen LogP contribution in [0.15, 0.2) is 18.5 Å². The van der Waals surface area contributed by atoms with Gasteiger partial charge in [-0.2, -0.15) is 0 Å². The first-order valence-corrected chi connectivity index (χ1v) is 5.66. The monoisotopic (exact) mass is 222 g/mol. The van der Waals surface area contributed by atoms with Gasteiger partial charge in [0.25, 0.3) is 0 Å². The maximum atomic E-state index is 9.27. The zero-order chi connectivity index (χ0) is 11.4. The summed E-state index contributed by atoms with van der Waals surface area (Å²) in [5.74, 6) is 0. The third kappa shape index (κ3) is 2.33. The molecule has 0 radical (unpaired) electrons. The summed E-state index contributed by atoms with van der Waals surface area (Å²) in [6.45, 7) is 2.01. The van der Waals surface area contributed by atoms with E-state index in [4.69, 9.17) is 4.74 Å². The lowest BCUT2D eigenvalue weighted by Gasteiger charge is -2.33. The van der Waals surface area contributed by atoms with Gasteiger partial charge in [-0.25, -0.2) is 0 Å². The number of ether oxygens (including phenoxy) is 1. The van der Waals surface area contributed by atoms with Crippen molar-refractivity contribution in [3.8, 4) is 0 Å². The van der Waals surface area contributed by atoms with E-state index in [2.05, 4.69) is 9.88 Å². The fraction of sp³-hybridized carbons (Fsp3) is 0.583. The van der Waals surface area contributed by atoms with Crippen molar-refractivity contribution in [2.75, 3.05) is 25.1 Å². The van der Waals surface area contributed by atoms with Crippen LogP contribution in [0.4, 0.5) is 5.69 Å². The van der Waals surface area contributed by atoms with Gasteiger partial charge >= 0.3 is 0 Å². The Balaban J connectivity index is 2.07. The molecule has 88 valence electrons. The Bertz CT molecular complexity index is 336. The highest BCUT2D eigenvalue weighted by Crippen LogP contribution is 2.23. The van der Waals surface area contributed by atoms with Gasteiger partial charge in [0.15, 0.2) is 0 Å². The number of nitrogens with zero attached hydrogens (tertiary/aromatic N) is 2. The number of aliphatic hydroxyl groups is 1. The van der Waals surface area contributed by atoms with Crippen LogP contribution in [0.1, 0.15) is 18.4 Å². The topological polar surface area (TPSA) is 45.6 Å². The zero-order valence-corrected chi connectivity index (χ0v) is 9.59. The first-order valence-electron chi connectivity index (χ1n) is 5.66. The lowest BCUT2D eigenvalue weighted by molar-refractivity contribution is 0.0818. The summed E-state index contributed by atoms with van der Waals surface area (Å²) in [6.07, 6.45) is 6.01. The van der Waals surface area contributed by atoms with Gasteiger partial charge in [0, 0.05) is 32.0 Å². The van der Waals surface area contributed by atoms with E-state index in [0.29, 0.717) is 6.10 Å². The SMILES string of the molecule is COC1CCN(c2cnccc2CO)CC1. The summed E-state index contributed by atoms with van der Waals surface area (Å²) >= 11 is 0. The predicted octanol–water partition coefficient (Wildman–Crippen LogP) is 1.19. The van der Waals surface area contributed by atoms with E-state index in [1.54, 1.807) is 13.3 Å². The number of hydrogen-bond donors (Lipinski definition) is 1. The summed E-state index contributed by atoms with van der Waals surface area (Å²) in [5, 5.41) is 9.27. The highest BCUT2D eigenvalue weighted by molar-refractivity contribution is 5.51. The Morgan fingerprint density at radius 1 is 1.50 bits per heavy atom. The van der Waals surface area contributed by atoms with Crippen LogP contribution in [0.2, 0.25) is 0 Å². The standard InChI is InChI=1S/C12H18N2O2/c1-16-11-3-6-14(7-4-11)12-8-13-5-2-10(12)9-15/h2,5,8,11,15H,3-4,6-7,9H2,1H3. The summed E-state index contributed by atoms with van der Waals surface area (Å²) < 4.78 is 5.34. The Labute approximate surface area is 95.9 Å². The number of aliphatic hydroxyl groups excluding tert-OH is 1. The van der Waals surface area contributed by atoms with Crippen LogP contribution in [0.3, 0.4) is 0 Å². The molecule has 4 heteroatoms. The van der Waals surface area contributed by atoms with Crippen LogP contribution in [0, 0.1) is 0 Å². The summed E-state index contributed by atoms with van der Waals surface area (Å²) in [6, 6.07) is 1.87. The van der Waals surface area contributed by atoms with Crippen molar-refractivity contribution >= 4 is 5.69 Å². The number of hydrogen-bond acceptors (Lipinski definition) is 4. The van der Waals surface area contributed by atoms with Gasteiger partial charge in [-0.1, -0.05) is 0 Å². The average molecular weight is 222 g/mol. The van der Waals surface area contributed by atoms with Gasteiger partial charge in [-0.3, -0.25) is 4.98 Å². The summed E-state index contributed by atoms with van der Waals surface area (Å²) in [7, 11) is 1.77. The Kier molecular flexibility index (Phi) is 3.74. The third-order valence-electron chi connectivity index (χ3n) is 3.17. The Morgan fingerprint density at radius 2 is 2.25 bits per heavy atom. The fourth-order valence-electron chi connectivity index (χ4n) is 2.17. The molecule has 1 aromatic heterocycles. The van der Waals surface area contributed by atoms with Gasteiger partial charge < -0.3 is 14.7 Å². The van der Waals surface area contributed by atoms with Gasteiger partial charge in [-0.05, 0) is 18.9 Å². The molecule has 0 saturated carbocycles. The van der Waals surface area contributed by atoms with Gasteiger partial charge in [0.2, 0.25) is 0 Å². The minimum absolute atomic E-state index is 0.0715. The van der Waals surface area contributed by atoms with E-state index < -0.39 is 0 Å². The van der Waals surface area contributed by atoms with Crippen LogP contribution in [-0.4, -0.2) is 36.4 Å². The molecule has 0 aliphatic carbocycles. The second-order valence-electron chi connectivity index (χ2n) is 4.08. The smallest absolute Gasteiger partial charge is 0.0703 e. The molecule has 0 aromatic carbocycles. The van der Waals surface area contributed by atoms with E-state index in [1.807, 2.05) is 12.3 Å². The summed E-state index contributed by atoms with van der Waals surface area (Å²) in [5.41, 5.74) is 2.01. The number of pyridine rings is 1. The molecule has 1 fully saturated rings. The largest absolute Gasteiger partial charge is 0.392 e. The quantitative estimate of drug-likeness (QED) is 0.834.